The molecule has 0 atom stereocenters. The highest BCUT2D eigenvalue weighted by atomic mass is 32.1. The van der Waals surface area contributed by atoms with Gasteiger partial charge in [0.15, 0.2) is 0 Å². The molecule has 6 nitrogen and oxygen atoms in total. The quantitative estimate of drug-likeness (QED) is 0.660. The van der Waals surface area contributed by atoms with Crippen LogP contribution >= 0.6 is 11.3 Å². The van der Waals surface area contributed by atoms with E-state index >= 15 is 0 Å². The Morgan fingerprint density at radius 2 is 1.70 bits per heavy atom. The summed E-state index contributed by atoms with van der Waals surface area (Å²) in [5.41, 5.74) is 1.64. The number of carboxylic acid groups (broad SMARTS) is 1. The first-order valence-corrected chi connectivity index (χ1v) is 8.86. The Balaban J connectivity index is 1.95. The van der Waals surface area contributed by atoms with E-state index in [-0.39, 0.29) is 10.6 Å². The van der Waals surface area contributed by atoms with Crippen LogP contribution in [-0.2, 0) is 0 Å². The molecule has 3 rings (SSSR count). The average molecular weight is 383 g/mol. The minimum Gasteiger partial charge on any atom is -0.497 e. The van der Waals surface area contributed by atoms with Crippen LogP contribution in [0.5, 0.6) is 11.5 Å². The van der Waals surface area contributed by atoms with Crippen molar-refractivity contribution in [3.8, 4) is 22.6 Å². The molecule has 7 heteroatoms. The van der Waals surface area contributed by atoms with Gasteiger partial charge in [0, 0.05) is 10.9 Å². The summed E-state index contributed by atoms with van der Waals surface area (Å²) in [5.74, 6) is -0.454. The van der Waals surface area contributed by atoms with Gasteiger partial charge in [-0.25, -0.2) is 4.79 Å². The van der Waals surface area contributed by atoms with Crippen molar-refractivity contribution in [3.05, 3.63) is 65.0 Å². The van der Waals surface area contributed by atoms with E-state index in [0.29, 0.717) is 22.6 Å². The summed E-state index contributed by atoms with van der Waals surface area (Å²) in [7, 11) is 3.04. The van der Waals surface area contributed by atoms with Crippen molar-refractivity contribution >= 4 is 28.2 Å². The number of para-hydroxylation sites is 1. The maximum atomic E-state index is 12.6. The molecule has 138 valence electrons. The zero-order chi connectivity index (χ0) is 19.4. The predicted octanol–water partition coefficient (Wildman–Crippen LogP) is 4.38. The highest BCUT2D eigenvalue weighted by Gasteiger charge is 2.22. The van der Waals surface area contributed by atoms with Gasteiger partial charge in [-0.05, 0) is 29.8 Å². The third-order valence-corrected chi connectivity index (χ3v) is 4.88. The smallest absolute Gasteiger partial charge is 0.339 e. The highest BCUT2D eigenvalue weighted by Crippen LogP contribution is 2.36. The lowest BCUT2D eigenvalue weighted by molar-refractivity contribution is 0.0699. The van der Waals surface area contributed by atoms with Crippen molar-refractivity contribution in [3.63, 3.8) is 0 Å². The molecule has 0 aliphatic heterocycles. The standard InChI is InChI=1S/C20H17NO5S/c1-25-13-9-7-12(8-10-13)15-11-27-19(17(15)20(23)24)21-18(22)14-5-3-4-6-16(14)26-2/h3-11H,1-2H3,(H,21,22)(H,23,24). The number of carboxylic acids is 1. The number of nitrogens with one attached hydrogen (secondary N) is 1. The van der Waals surface area contributed by atoms with E-state index in [2.05, 4.69) is 5.32 Å². The van der Waals surface area contributed by atoms with Crippen molar-refractivity contribution in [1.82, 2.24) is 0 Å². The molecule has 0 unspecified atom stereocenters. The number of carbonyl (C=O) groups is 2. The molecule has 27 heavy (non-hydrogen) atoms. The number of aromatic carboxylic acids is 1. The number of benzene rings is 2. The third kappa shape index (κ3) is 3.78. The fourth-order valence-corrected chi connectivity index (χ4v) is 3.60. The fraction of sp³-hybridized carbons (Fsp3) is 0.100. The summed E-state index contributed by atoms with van der Waals surface area (Å²) in [6.07, 6.45) is 0. The number of ether oxygens (including phenoxy) is 2. The van der Waals surface area contributed by atoms with Gasteiger partial charge in [-0.15, -0.1) is 11.3 Å². The number of thiophene rings is 1. The lowest BCUT2D eigenvalue weighted by Crippen LogP contribution is -2.14. The second-order valence-corrected chi connectivity index (χ2v) is 6.42. The van der Waals surface area contributed by atoms with Crippen molar-refractivity contribution in [1.29, 1.82) is 0 Å². The van der Waals surface area contributed by atoms with Crippen LogP contribution in [0, 0.1) is 0 Å². The zero-order valence-corrected chi connectivity index (χ0v) is 15.5. The summed E-state index contributed by atoms with van der Waals surface area (Å²) >= 11 is 1.16. The van der Waals surface area contributed by atoms with Gasteiger partial charge in [-0.2, -0.15) is 0 Å². The number of hydrogen-bond donors (Lipinski definition) is 2. The van der Waals surface area contributed by atoms with Gasteiger partial charge in [0.1, 0.15) is 22.1 Å². The Kier molecular flexibility index (Phi) is 5.42. The zero-order valence-electron chi connectivity index (χ0n) is 14.7. The molecule has 2 aromatic carbocycles. The van der Waals surface area contributed by atoms with Gasteiger partial charge in [-0.3, -0.25) is 4.79 Å². The van der Waals surface area contributed by atoms with Gasteiger partial charge in [-0.1, -0.05) is 24.3 Å². The molecule has 0 radical (unpaired) electrons. The number of hydrogen-bond acceptors (Lipinski definition) is 5. The average Bonchev–Trinajstić information content (AvgIpc) is 3.11. The van der Waals surface area contributed by atoms with Gasteiger partial charge < -0.3 is 19.9 Å². The van der Waals surface area contributed by atoms with Crippen LogP contribution in [0.4, 0.5) is 5.00 Å². The number of carbonyl (C=O) groups excluding carboxylic acids is 1. The lowest BCUT2D eigenvalue weighted by atomic mass is 10.0. The molecule has 2 N–H and O–H groups in total. The van der Waals surface area contributed by atoms with E-state index in [4.69, 9.17) is 9.47 Å². The molecule has 3 aromatic rings. The minimum absolute atomic E-state index is 0.0495. The summed E-state index contributed by atoms with van der Waals surface area (Å²) < 4.78 is 10.3. The third-order valence-electron chi connectivity index (χ3n) is 3.98. The Bertz CT molecular complexity index is 978. The van der Waals surface area contributed by atoms with Crippen LogP contribution in [0.25, 0.3) is 11.1 Å². The monoisotopic (exact) mass is 383 g/mol. The van der Waals surface area contributed by atoms with Crippen molar-refractivity contribution in [2.45, 2.75) is 0 Å². The first-order valence-electron chi connectivity index (χ1n) is 7.98. The Morgan fingerprint density at radius 3 is 2.33 bits per heavy atom. The normalized spacial score (nSPS) is 10.3. The second kappa shape index (κ2) is 7.92. The number of methoxy groups -OCH3 is 2. The Morgan fingerprint density at radius 1 is 1.00 bits per heavy atom. The van der Waals surface area contributed by atoms with Crippen LogP contribution in [0.15, 0.2) is 53.9 Å². The van der Waals surface area contributed by atoms with Gasteiger partial charge in [0.2, 0.25) is 0 Å². The highest BCUT2D eigenvalue weighted by molar-refractivity contribution is 7.15. The van der Waals surface area contributed by atoms with Crippen LogP contribution < -0.4 is 14.8 Å². The van der Waals surface area contributed by atoms with Crippen LogP contribution in [0.1, 0.15) is 20.7 Å². The van der Waals surface area contributed by atoms with E-state index in [9.17, 15) is 14.7 Å². The lowest BCUT2D eigenvalue weighted by Gasteiger charge is -2.09. The molecule has 0 fully saturated rings. The molecule has 0 spiro atoms. The first-order chi connectivity index (χ1) is 13.0. The van der Waals surface area contributed by atoms with E-state index in [1.165, 1.54) is 7.11 Å². The summed E-state index contributed by atoms with van der Waals surface area (Å²) in [4.78, 5) is 24.5. The number of anilines is 1. The molecule has 0 bridgehead atoms. The van der Waals surface area contributed by atoms with E-state index in [1.807, 2.05) is 0 Å². The molecular formula is C20H17NO5S. The minimum atomic E-state index is -1.11. The predicted molar refractivity (Wildman–Crippen MR) is 104 cm³/mol. The fourth-order valence-electron chi connectivity index (χ4n) is 2.65. The van der Waals surface area contributed by atoms with Gasteiger partial charge in [0.05, 0.1) is 19.8 Å². The molecule has 1 amide bonds. The molecular weight excluding hydrogens is 366 g/mol. The molecule has 0 aliphatic rings. The van der Waals surface area contributed by atoms with Gasteiger partial charge in [0.25, 0.3) is 5.91 Å². The van der Waals surface area contributed by atoms with Gasteiger partial charge >= 0.3 is 5.97 Å². The SMILES string of the molecule is COc1ccc(-c2csc(NC(=O)c3ccccc3OC)c2C(=O)O)cc1. The van der Waals surface area contributed by atoms with Crippen LogP contribution in [-0.4, -0.2) is 31.2 Å². The molecule has 0 saturated carbocycles. The Hall–Kier alpha value is -3.32. The molecule has 1 heterocycles. The maximum absolute atomic E-state index is 12.6. The molecule has 1 aromatic heterocycles. The van der Waals surface area contributed by atoms with Crippen LogP contribution in [0.2, 0.25) is 0 Å². The summed E-state index contributed by atoms with van der Waals surface area (Å²) in [6, 6.07) is 13.8. The largest absolute Gasteiger partial charge is 0.497 e. The van der Waals surface area contributed by atoms with Crippen molar-refractivity contribution in [2.75, 3.05) is 19.5 Å². The van der Waals surface area contributed by atoms with Crippen LogP contribution in [0.3, 0.4) is 0 Å². The maximum Gasteiger partial charge on any atom is 0.339 e. The van der Waals surface area contributed by atoms with E-state index in [1.54, 1.807) is 61.0 Å². The first kappa shape index (κ1) is 18.5. The molecule has 0 aliphatic carbocycles. The summed E-state index contributed by atoms with van der Waals surface area (Å²) in [5, 5.41) is 14.4. The second-order valence-electron chi connectivity index (χ2n) is 5.54. The molecule has 0 saturated heterocycles. The Labute approximate surface area is 160 Å². The number of rotatable bonds is 6. The van der Waals surface area contributed by atoms with Crippen molar-refractivity contribution in [2.24, 2.45) is 0 Å². The topological polar surface area (TPSA) is 84.9 Å². The number of amides is 1. The van der Waals surface area contributed by atoms with E-state index in [0.717, 1.165) is 16.9 Å². The summed E-state index contributed by atoms with van der Waals surface area (Å²) in [6.45, 7) is 0. The van der Waals surface area contributed by atoms with Crippen molar-refractivity contribution < 1.29 is 24.2 Å². The van der Waals surface area contributed by atoms with E-state index < -0.39 is 11.9 Å².